The standard InChI is InChI=1S/C14H15F2NO/c1-9(2)17-8-11-4-6-14(18-11)12-7-10(15)3-5-13(12)16/h3-7,9,17H,8H2,1-2H3. The van der Waals surface area contributed by atoms with Gasteiger partial charge in [-0.3, -0.25) is 0 Å². The van der Waals surface area contributed by atoms with E-state index in [2.05, 4.69) is 5.32 Å². The first-order chi connectivity index (χ1) is 8.56. The van der Waals surface area contributed by atoms with Crippen LogP contribution in [0.2, 0.25) is 0 Å². The normalized spacial score (nSPS) is 11.2. The van der Waals surface area contributed by atoms with E-state index in [-0.39, 0.29) is 5.56 Å². The first kappa shape index (κ1) is 12.8. The summed E-state index contributed by atoms with van der Waals surface area (Å²) in [5.74, 6) is 0.0636. The van der Waals surface area contributed by atoms with Gasteiger partial charge in [0.25, 0.3) is 0 Å². The Hall–Kier alpha value is -1.68. The summed E-state index contributed by atoms with van der Waals surface area (Å²) in [4.78, 5) is 0. The lowest BCUT2D eigenvalue weighted by Gasteiger charge is -2.05. The molecule has 0 unspecified atom stereocenters. The average molecular weight is 251 g/mol. The molecule has 0 bridgehead atoms. The van der Waals surface area contributed by atoms with Gasteiger partial charge in [-0.2, -0.15) is 0 Å². The third kappa shape index (κ3) is 2.96. The second-order valence-corrected chi connectivity index (χ2v) is 4.43. The Bertz CT molecular complexity index is 534. The molecule has 0 atom stereocenters. The van der Waals surface area contributed by atoms with Gasteiger partial charge in [0.1, 0.15) is 23.2 Å². The highest BCUT2D eigenvalue weighted by atomic mass is 19.1. The number of hydrogen-bond donors (Lipinski definition) is 1. The molecule has 4 heteroatoms. The lowest BCUT2D eigenvalue weighted by atomic mass is 10.1. The third-order valence-electron chi connectivity index (χ3n) is 2.54. The van der Waals surface area contributed by atoms with E-state index in [0.717, 1.165) is 18.2 Å². The summed E-state index contributed by atoms with van der Waals surface area (Å²) in [6.07, 6.45) is 0. The number of nitrogens with one attached hydrogen (secondary N) is 1. The zero-order chi connectivity index (χ0) is 13.1. The molecule has 0 aliphatic heterocycles. The Balaban J connectivity index is 2.21. The molecule has 1 aromatic carbocycles. The van der Waals surface area contributed by atoms with Crippen LogP contribution in [-0.4, -0.2) is 6.04 Å². The fourth-order valence-corrected chi connectivity index (χ4v) is 1.61. The van der Waals surface area contributed by atoms with Crippen molar-refractivity contribution in [1.82, 2.24) is 5.32 Å². The Morgan fingerprint density at radius 3 is 2.67 bits per heavy atom. The van der Waals surface area contributed by atoms with E-state index in [1.165, 1.54) is 0 Å². The molecule has 0 fully saturated rings. The molecular formula is C14H15F2NO. The van der Waals surface area contributed by atoms with E-state index >= 15 is 0 Å². The van der Waals surface area contributed by atoms with Crippen LogP contribution in [0.15, 0.2) is 34.7 Å². The zero-order valence-corrected chi connectivity index (χ0v) is 10.3. The van der Waals surface area contributed by atoms with Gasteiger partial charge < -0.3 is 9.73 Å². The largest absolute Gasteiger partial charge is 0.460 e. The van der Waals surface area contributed by atoms with Crippen LogP contribution in [-0.2, 0) is 6.54 Å². The molecule has 0 aliphatic carbocycles. The first-order valence-corrected chi connectivity index (χ1v) is 5.84. The van der Waals surface area contributed by atoms with Gasteiger partial charge in [-0.1, -0.05) is 13.8 Å². The van der Waals surface area contributed by atoms with E-state index in [1.807, 2.05) is 13.8 Å². The smallest absolute Gasteiger partial charge is 0.137 e. The molecular weight excluding hydrogens is 236 g/mol. The van der Waals surface area contributed by atoms with E-state index in [1.54, 1.807) is 12.1 Å². The van der Waals surface area contributed by atoms with Crippen molar-refractivity contribution < 1.29 is 13.2 Å². The van der Waals surface area contributed by atoms with Crippen LogP contribution in [0.5, 0.6) is 0 Å². The molecule has 1 heterocycles. The second-order valence-electron chi connectivity index (χ2n) is 4.43. The second kappa shape index (κ2) is 5.31. The number of rotatable bonds is 4. The summed E-state index contributed by atoms with van der Waals surface area (Å²) >= 11 is 0. The summed E-state index contributed by atoms with van der Waals surface area (Å²) in [5.41, 5.74) is 0.144. The SMILES string of the molecule is CC(C)NCc1ccc(-c2cc(F)ccc2F)o1. The van der Waals surface area contributed by atoms with Gasteiger partial charge in [-0.15, -0.1) is 0 Å². The predicted octanol–water partition coefficient (Wildman–Crippen LogP) is 3.72. The van der Waals surface area contributed by atoms with Crippen LogP contribution in [0.1, 0.15) is 19.6 Å². The lowest BCUT2D eigenvalue weighted by molar-refractivity contribution is 0.470. The van der Waals surface area contributed by atoms with Crippen molar-refractivity contribution in [3.63, 3.8) is 0 Å². The average Bonchev–Trinajstić information content (AvgIpc) is 2.78. The first-order valence-electron chi connectivity index (χ1n) is 5.84. The Kier molecular flexibility index (Phi) is 3.77. The topological polar surface area (TPSA) is 25.2 Å². The molecule has 0 saturated carbocycles. The summed E-state index contributed by atoms with van der Waals surface area (Å²) in [7, 11) is 0. The van der Waals surface area contributed by atoms with Crippen molar-refractivity contribution in [2.75, 3.05) is 0 Å². The number of benzene rings is 1. The minimum Gasteiger partial charge on any atom is -0.460 e. The van der Waals surface area contributed by atoms with Crippen LogP contribution >= 0.6 is 0 Å². The van der Waals surface area contributed by atoms with Crippen LogP contribution in [0, 0.1) is 11.6 Å². The predicted molar refractivity (Wildman–Crippen MR) is 66.0 cm³/mol. The highest BCUT2D eigenvalue weighted by Gasteiger charge is 2.11. The highest BCUT2D eigenvalue weighted by Crippen LogP contribution is 2.25. The van der Waals surface area contributed by atoms with E-state index < -0.39 is 11.6 Å². The fourth-order valence-electron chi connectivity index (χ4n) is 1.61. The van der Waals surface area contributed by atoms with Gasteiger partial charge in [0.15, 0.2) is 0 Å². The summed E-state index contributed by atoms with van der Waals surface area (Å²) in [6.45, 7) is 4.61. The highest BCUT2D eigenvalue weighted by molar-refractivity contribution is 5.58. The van der Waals surface area contributed by atoms with Crippen LogP contribution in [0.25, 0.3) is 11.3 Å². The molecule has 18 heavy (non-hydrogen) atoms. The van der Waals surface area contributed by atoms with Crippen molar-refractivity contribution in [3.05, 3.63) is 47.7 Å². The zero-order valence-electron chi connectivity index (χ0n) is 10.3. The van der Waals surface area contributed by atoms with Crippen molar-refractivity contribution in [2.24, 2.45) is 0 Å². The summed E-state index contributed by atoms with van der Waals surface area (Å²) in [5, 5.41) is 3.19. The molecule has 2 aromatic rings. The molecule has 2 nitrogen and oxygen atoms in total. The van der Waals surface area contributed by atoms with Crippen LogP contribution in [0.4, 0.5) is 8.78 Å². The van der Waals surface area contributed by atoms with Crippen molar-refractivity contribution >= 4 is 0 Å². The molecule has 0 aliphatic rings. The lowest BCUT2D eigenvalue weighted by Crippen LogP contribution is -2.21. The Morgan fingerprint density at radius 2 is 1.94 bits per heavy atom. The van der Waals surface area contributed by atoms with Crippen molar-refractivity contribution in [1.29, 1.82) is 0 Å². The van der Waals surface area contributed by atoms with Gasteiger partial charge in [0.2, 0.25) is 0 Å². The molecule has 2 rings (SSSR count). The van der Waals surface area contributed by atoms with Crippen molar-refractivity contribution in [2.45, 2.75) is 26.4 Å². The maximum absolute atomic E-state index is 13.5. The van der Waals surface area contributed by atoms with Gasteiger partial charge in [-0.05, 0) is 30.3 Å². The monoisotopic (exact) mass is 251 g/mol. The quantitative estimate of drug-likeness (QED) is 0.895. The Morgan fingerprint density at radius 1 is 1.17 bits per heavy atom. The number of halogens is 2. The van der Waals surface area contributed by atoms with Crippen LogP contribution in [0.3, 0.4) is 0 Å². The molecule has 1 aromatic heterocycles. The van der Waals surface area contributed by atoms with E-state index in [9.17, 15) is 8.78 Å². The summed E-state index contributed by atoms with van der Waals surface area (Å²) < 4.78 is 32.1. The number of hydrogen-bond acceptors (Lipinski definition) is 2. The molecule has 0 amide bonds. The maximum atomic E-state index is 13.5. The van der Waals surface area contributed by atoms with Crippen molar-refractivity contribution in [3.8, 4) is 11.3 Å². The summed E-state index contributed by atoms with van der Waals surface area (Å²) in [6, 6.07) is 7.06. The van der Waals surface area contributed by atoms with E-state index in [0.29, 0.717) is 24.1 Å². The molecule has 1 N–H and O–H groups in total. The molecule has 0 spiro atoms. The van der Waals surface area contributed by atoms with E-state index in [4.69, 9.17) is 4.42 Å². The van der Waals surface area contributed by atoms with Gasteiger partial charge >= 0.3 is 0 Å². The minimum absolute atomic E-state index is 0.144. The van der Waals surface area contributed by atoms with Gasteiger partial charge in [-0.25, -0.2) is 8.78 Å². The minimum atomic E-state index is -0.492. The third-order valence-corrected chi connectivity index (χ3v) is 2.54. The molecule has 0 saturated heterocycles. The Labute approximate surface area is 105 Å². The fraction of sp³-hybridized carbons (Fsp3) is 0.286. The molecule has 0 radical (unpaired) electrons. The van der Waals surface area contributed by atoms with Gasteiger partial charge in [0.05, 0.1) is 12.1 Å². The maximum Gasteiger partial charge on any atom is 0.137 e. The van der Waals surface area contributed by atoms with Gasteiger partial charge in [0, 0.05) is 6.04 Å². The van der Waals surface area contributed by atoms with Crippen LogP contribution < -0.4 is 5.32 Å². The number of furan rings is 1. The molecule has 96 valence electrons.